The van der Waals surface area contributed by atoms with Gasteiger partial charge in [0, 0.05) is 22.8 Å². The Labute approximate surface area is 167 Å². The highest BCUT2D eigenvalue weighted by Crippen LogP contribution is 2.26. The van der Waals surface area contributed by atoms with Crippen LogP contribution >= 0.6 is 34.8 Å². The maximum absolute atomic E-state index is 12.6. The largest absolute Gasteiger partial charge is 0.409 e. The third-order valence-electron chi connectivity index (χ3n) is 3.40. The van der Waals surface area contributed by atoms with E-state index in [1.165, 1.54) is 30.5 Å². The van der Waals surface area contributed by atoms with Crippen molar-refractivity contribution in [3.63, 3.8) is 0 Å². The van der Waals surface area contributed by atoms with E-state index in [0.29, 0.717) is 5.02 Å². The average Bonchev–Trinajstić information content (AvgIpc) is 3.05. The maximum atomic E-state index is 12.6. The summed E-state index contributed by atoms with van der Waals surface area (Å²) in [5.41, 5.74) is -0.307. The van der Waals surface area contributed by atoms with Gasteiger partial charge in [-0.2, -0.15) is 9.78 Å². The normalized spacial score (nSPS) is 10.5. The quantitative estimate of drug-likeness (QED) is 0.339. The van der Waals surface area contributed by atoms with E-state index in [4.69, 9.17) is 39.5 Å². The lowest BCUT2D eigenvalue weighted by molar-refractivity contribution is -0.121. The summed E-state index contributed by atoms with van der Waals surface area (Å²) in [6.45, 7) is 0.149. The molecule has 0 saturated carbocycles. The zero-order valence-electron chi connectivity index (χ0n) is 13.2. The highest BCUT2D eigenvalue weighted by molar-refractivity contribution is 6.51. The molecule has 0 aliphatic rings. The monoisotopic (exact) mass is 423 g/mol. The first-order valence-electron chi connectivity index (χ1n) is 7.27. The molecule has 7 nitrogen and oxygen atoms in total. The van der Waals surface area contributed by atoms with E-state index in [-0.39, 0.29) is 39.5 Å². The van der Waals surface area contributed by atoms with Gasteiger partial charge in [-0.1, -0.05) is 34.8 Å². The van der Waals surface area contributed by atoms with E-state index < -0.39 is 11.6 Å². The van der Waals surface area contributed by atoms with Gasteiger partial charge in [-0.25, -0.2) is 4.98 Å². The number of Topliss-reactive ketones (excluding diaryl/α,β-unsaturated/α-hetero) is 2. The third kappa shape index (κ3) is 3.85. The Hall–Kier alpha value is -2.74. The second kappa shape index (κ2) is 7.87. The van der Waals surface area contributed by atoms with E-state index in [1.54, 1.807) is 6.07 Å². The molecule has 1 aromatic carbocycles. The van der Waals surface area contributed by atoms with Crippen LogP contribution < -0.4 is 4.74 Å². The molecule has 2 aromatic heterocycles. The molecule has 0 N–H and O–H groups in total. The lowest BCUT2D eigenvalue weighted by Gasteiger charge is -2.05. The fraction of sp³-hybridized carbons (Fsp3) is 0. The molecule has 0 saturated heterocycles. The second-order valence-electron chi connectivity index (χ2n) is 5.08. The predicted octanol–water partition coefficient (Wildman–Crippen LogP) is 3.83. The zero-order chi connectivity index (χ0) is 19.6. The smallest absolute Gasteiger partial charge is 0.299 e. The molecular weight excluding hydrogens is 417 g/mol. The molecule has 0 fully saturated rings. The van der Waals surface area contributed by atoms with Crippen LogP contribution in [0.2, 0.25) is 15.1 Å². The summed E-state index contributed by atoms with van der Waals surface area (Å²) in [5.74, 6) is -1.87. The Morgan fingerprint density at radius 1 is 1.04 bits per heavy atom. The summed E-state index contributed by atoms with van der Waals surface area (Å²) in [6.07, 6.45) is 1.44. The van der Waals surface area contributed by atoms with Crippen molar-refractivity contribution in [1.82, 2.24) is 14.8 Å². The van der Waals surface area contributed by atoms with Gasteiger partial charge in [0.1, 0.15) is 5.69 Å². The molecule has 0 unspecified atom stereocenters. The summed E-state index contributed by atoms with van der Waals surface area (Å²) in [7, 11) is 0. The van der Waals surface area contributed by atoms with Gasteiger partial charge in [0.25, 0.3) is 12.3 Å². The standard InChI is InChI=1S/C17H8Cl3N3O4/c18-9-3-4-10(12(20)6-9)15(25)16(26)13-7-14(27-8-24)23(22-13)17-11(19)2-1-5-21-17/h1-8H. The first kappa shape index (κ1) is 19.0. The first-order chi connectivity index (χ1) is 12.9. The molecule has 0 bridgehead atoms. The van der Waals surface area contributed by atoms with Gasteiger partial charge in [0.05, 0.1) is 10.0 Å². The van der Waals surface area contributed by atoms with Crippen molar-refractivity contribution >= 4 is 52.8 Å². The van der Waals surface area contributed by atoms with E-state index in [9.17, 15) is 14.4 Å². The Morgan fingerprint density at radius 2 is 1.81 bits per heavy atom. The highest BCUT2D eigenvalue weighted by atomic mass is 35.5. The van der Waals surface area contributed by atoms with Gasteiger partial charge in [0.15, 0.2) is 5.82 Å². The minimum absolute atomic E-state index is 0.0254. The van der Waals surface area contributed by atoms with Gasteiger partial charge in [-0.15, -0.1) is 0 Å². The summed E-state index contributed by atoms with van der Waals surface area (Å²) in [4.78, 5) is 39.8. The molecule has 0 aliphatic heterocycles. The number of rotatable bonds is 6. The van der Waals surface area contributed by atoms with E-state index in [0.717, 1.165) is 10.7 Å². The highest BCUT2D eigenvalue weighted by Gasteiger charge is 2.26. The Bertz CT molecular complexity index is 1070. The van der Waals surface area contributed by atoms with E-state index >= 15 is 0 Å². The number of aromatic nitrogens is 3. The maximum Gasteiger partial charge on any atom is 0.299 e. The summed E-state index contributed by atoms with van der Waals surface area (Å²) >= 11 is 17.8. The molecule has 136 valence electrons. The number of ether oxygens (including phenoxy) is 1. The minimum Gasteiger partial charge on any atom is -0.409 e. The lowest BCUT2D eigenvalue weighted by Crippen LogP contribution is -2.16. The predicted molar refractivity (Wildman–Crippen MR) is 98.2 cm³/mol. The Kier molecular flexibility index (Phi) is 5.55. The number of benzene rings is 1. The van der Waals surface area contributed by atoms with Gasteiger partial charge >= 0.3 is 0 Å². The number of carbonyl (C=O) groups excluding carboxylic acids is 3. The fourth-order valence-corrected chi connectivity index (χ4v) is 2.90. The molecule has 0 atom stereocenters. The Morgan fingerprint density at radius 3 is 2.48 bits per heavy atom. The van der Waals surface area contributed by atoms with Gasteiger partial charge in [-0.05, 0) is 30.3 Å². The second-order valence-corrected chi connectivity index (χ2v) is 6.34. The van der Waals surface area contributed by atoms with Crippen LogP contribution in [0.3, 0.4) is 0 Å². The molecule has 3 rings (SSSR count). The van der Waals surface area contributed by atoms with Crippen molar-refractivity contribution in [3.8, 4) is 11.7 Å². The average molecular weight is 425 g/mol. The molecule has 0 spiro atoms. The minimum atomic E-state index is -0.958. The van der Waals surface area contributed by atoms with Crippen molar-refractivity contribution in [1.29, 1.82) is 0 Å². The van der Waals surface area contributed by atoms with Crippen molar-refractivity contribution in [2.75, 3.05) is 0 Å². The van der Waals surface area contributed by atoms with E-state index in [2.05, 4.69) is 10.1 Å². The molecule has 0 radical (unpaired) electrons. The first-order valence-corrected chi connectivity index (χ1v) is 8.41. The van der Waals surface area contributed by atoms with Crippen LogP contribution in [0.15, 0.2) is 42.6 Å². The molecule has 0 amide bonds. The van der Waals surface area contributed by atoms with Crippen molar-refractivity contribution in [2.24, 2.45) is 0 Å². The summed E-state index contributed by atoms with van der Waals surface area (Å²) < 4.78 is 5.86. The Balaban J connectivity index is 2.03. The zero-order valence-corrected chi connectivity index (χ0v) is 15.5. The number of hydrogen-bond donors (Lipinski definition) is 0. The van der Waals surface area contributed by atoms with Gasteiger partial charge in [-0.3, -0.25) is 14.4 Å². The number of ketones is 2. The lowest BCUT2D eigenvalue weighted by atomic mass is 10.1. The number of pyridine rings is 1. The van der Waals surface area contributed by atoms with Crippen molar-refractivity contribution in [3.05, 3.63) is 68.9 Å². The van der Waals surface area contributed by atoms with Crippen LogP contribution in [0.25, 0.3) is 5.82 Å². The topological polar surface area (TPSA) is 91.2 Å². The molecule has 2 heterocycles. The number of nitrogens with zero attached hydrogens (tertiary/aromatic N) is 3. The van der Waals surface area contributed by atoms with Crippen molar-refractivity contribution in [2.45, 2.75) is 0 Å². The summed E-state index contributed by atoms with van der Waals surface area (Å²) in [6, 6.07) is 8.37. The molecular formula is C17H8Cl3N3O4. The third-order valence-corrected chi connectivity index (χ3v) is 4.24. The molecule has 27 heavy (non-hydrogen) atoms. The van der Waals surface area contributed by atoms with Crippen LogP contribution in [0.5, 0.6) is 5.88 Å². The molecule has 10 heteroatoms. The van der Waals surface area contributed by atoms with Crippen LogP contribution in [0.4, 0.5) is 0 Å². The van der Waals surface area contributed by atoms with Crippen LogP contribution in [-0.2, 0) is 4.79 Å². The number of carbonyl (C=O) groups is 3. The SMILES string of the molecule is O=COc1cc(C(=O)C(=O)c2ccc(Cl)cc2Cl)nn1-c1ncccc1Cl. The van der Waals surface area contributed by atoms with E-state index in [1.807, 2.05) is 0 Å². The van der Waals surface area contributed by atoms with Crippen LogP contribution in [0.1, 0.15) is 20.8 Å². The number of halogens is 3. The number of hydrogen-bond acceptors (Lipinski definition) is 6. The van der Waals surface area contributed by atoms with Gasteiger partial charge in [0.2, 0.25) is 11.7 Å². The molecule has 0 aliphatic carbocycles. The summed E-state index contributed by atoms with van der Waals surface area (Å²) in [5, 5.41) is 4.54. The fourth-order valence-electron chi connectivity index (χ4n) is 2.21. The van der Waals surface area contributed by atoms with Crippen molar-refractivity contribution < 1.29 is 19.1 Å². The van der Waals surface area contributed by atoms with Crippen LogP contribution in [-0.4, -0.2) is 32.8 Å². The van der Waals surface area contributed by atoms with Crippen LogP contribution in [0, 0.1) is 0 Å². The van der Waals surface area contributed by atoms with Gasteiger partial charge < -0.3 is 4.74 Å². The molecule has 3 aromatic rings.